The molecule has 0 fully saturated rings. The first-order valence-corrected chi connectivity index (χ1v) is 18.0. The van der Waals surface area contributed by atoms with E-state index in [9.17, 15) is 4.57 Å². The van der Waals surface area contributed by atoms with Gasteiger partial charge in [0.25, 0.3) is 0 Å². The van der Waals surface area contributed by atoms with Crippen LogP contribution in [0.4, 0.5) is 0 Å². The van der Waals surface area contributed by atoms with Gasteiger partial charge in [-0.3, -0.25) is 0 Å². The summed E-state index contributed by atoms with van der Waals surface area (Å²) in [7, 11) is -3.63. The van der Waals surface area contributed by atoms with E-state index in [1.807, 2.05) is 6.92 Å². The Morgan fingerprint density at radius 3 is 1.04 bits per heavy atom. The third-order valence-electron chi connectivity index (χ3n) is 7.51. The van der Waals surface area contributed by atoms with E-state index in [1.54, 1.807) is 0 Å². The van der Waals surface area contributed by atoms with Crippen LogP contribution in [-0.2, 0) is 17.7 Å². The molecule has 0 aromatic rings. The van der Waals surface area contributed by atoms with Crippen LogP contribution in [0.2, 0.25) is 0 Å². The minimum absolute atomic E-state index is 0.415. The third kappa shape index (κ3) is 5.31. The Hall–Kier alpha value is 0.970. The van der Waals surface area contributed by atoms with E-state index >= 15 is 0 Å². The summed E-state index contributed by atoms with van der Waals surface area (Å²) in [5.41, 5.74) is 0. The molecule has 0 amide bonds. The summed E-state index contributed by atoms with van der Waals surface area (Å²) in [4.78, 5) is 0. The topological polar surface area (TPSA) is 44.8 Å². The second-order valence-electron chi connectivity index (χ2n) is 7.69. The van der Waals surface area contributed by atoms with E-state index in [0.29, 0.717) is 6.61 Å². The van der Waals surface area contributed by atoms with Crippen molar-refractivity contribution >= 4 is 21.5 Å². The van der Waals surface area contributed by atoms with Crippen molar-refractivity contribution < 1.29 is 17.7 Å². The summed E-state index contributed by atoms with van der Waals surface area (Å²) >= 11 is 0. The predicted octanol–water partition coefficient (Wildman–Crippen LogP) is 7.65. The van der Waals surface area contributed by atoms with Gasteiger partial charge in [-0.25, -0.2) is 0 Å². The maximum atomic E-state index is 14.1. The van der Waals surface area contributed by atoms with Gasteiger partial charge in [-0.2, -0.15) is 0 Å². The molecule has 0 bridgehead atoms. The molecule has 0 heterocycles. The Balaban J connectivity index is 6.26. The van der Waals surface area contributed by atoms with Crippen LogP contribution < -0.4 is 0 Å². The van der Waals surface area contributed by atoms with Gasteiger partial charge in [-0.15, -0.1) is 0 Å². The van der Waals surface area contributed by atoms with Crippen molar-refractivity contribution in [3.05, 3.63) is 0 Å². The van der Waals surface area contributed by atoms with E-state index < -0.39 is 21.5 Å². The second-order valence-corrected chi connectivity index (χ2v) is 22.6. The average molecular weight is 433 g/mol. The van der Waals surface area contributed by atoms with Crippen LogP contribution in [0.3, 0.4) is 0 Å². The van der Waals surface area contributed by atoms with Crippen molar-refractivity contribution in [3.63, 3.8) is 0 Å². The van der Waals surface area contributed by atoms with Gasteiger partial charge in [-0.05, 0) is 0 Å². The Morgan fingerprint density at radius 1 is 0.577 bits per heavy atom. The molecule has 0 aliphatic heterocycles. The van der Waals surface area contributed by atoms with Crippen LogP contribution in [0.15, 0.2) is 0 Å². The molecule has 4 nitrogen and oxygen atoms in total. The van der Waals surface area contributed by atoms with Gasteiger partial charge in [0, 0.05) is 0 Å². The molecule has 0 aromatic carbocycles. The molecule has 0 radical (unpaired) electrons. The Morgan fingerprint density at radius 2 is 0.846 bits per heavy atom. The molecular weight excluding hydrogens is 385 g/mol. The molecule has 0 rings (SSSR count). The summed E-state index contributed by atoms with van der Waals surface area (Å²) in [5.74, 6) is 0. The summed E-state index contributed by atoms with van der Waals surface area (Å²) in [6, 6.07) is 0. The van der Waals surface area contributed by atoms with Crippen LogP contribution in [-0.4, -0.2) is 55.9 Å². The van der Waals surface area contributed by atoms with E-state index in [-0.39, 0.29) is 0 Å². The number of hydrogen-bond acceptors (Lipinski definition) is 4. The minimum atomic E-state index is -3.63. The zero-order valence-electron chi connectivity index (χ0n) is 19.0. The van der Waals surface area contributed by atoms with E-state index in [0.717, 1.165) is 55.7 Å². The molecule has 0 saturated heterocycles. The SMILES string of the molecule is CCCOP(=O)(OP(CC)(CC)(CC)CC)OP(CC)(CC)(CC)CC. The Bertz CT molecular complexity index is 390. The molecule has 7 heteroatoms. The summed E-state index contributed by atoms with van der Waals surface area (Å²) in [6.45, 7) is 14.7. The monoisotopic (exact) mass is 432 g/mol. The van der Waals surface area contributed by atoms with E-state index in [1.165, 1.54) is 0 Å². The van der Waals surface area contributed by atoms with Crippen molar-refractivity contribution in [2.24, 2.45) is 0 Å². The first kappa shape index (κ1) is 27.0. The Kier molecular flexibility index (Phi) is 10.5. The normalized spacial score (nSPS) is 18.5. The summed E-state index contributed by atoms with van der Waals surface area (Å²) < 4.78 is 33.4. The molecule has 26 heavy (non-hydrogen) atoms. The van der Waals surface area contributed by atoms with E-state index in [4.69, 9.17) is 13.1 Å². The quantitative estimate of drug-likeness (QED) is 0.249. The predicted molar refractivity (Wildman–Crippen MR) is 124 cm³/mol. The first-order chi connectivity index (χ1) is 12.1. The second kappa shape index (κ2) is 10.1. The van der Waals surface area contributed by atoms with Crippen LogP contribution in [0.1, 0.15) is 68.7 Å². The molecule has 0 aliphatic carbocycles. The van der Waals surface area contributed by atoms with Crippen molar-refractivity contribution in [1.29, 1.82) is 0 Å². The molecular formula is C19H47O4P3. The molecule has 162 valence electrons. The molecule has 0 aliphatic rings. The van der Waals surface area contributed by atoms with Gasteiger partial charge >= 0.3 is 164 Å². The zero-order chi connectivity index (χ0) is 20.6. The molecule has 0 saturated carbocycles. The van der Waals surface area contributed by atoms with Crippen molar-refractivity contribution in [3.8, 4) is 0 Å². The van der Waals surface area contributed by atoms with Gasteiger partial charge in [0.1, 0.15) is 0 Å². The van der Waals surface area contributed by atoms with Crippen LogP contribution in [0.25, 0.3) is 0 Å². The van der Waals surface area contributed by atoms with Gasteiger partial charge < -0.3 is 0 Å². The number of hydrogen-bond donors (Lipinski definition) is 0. The molecule has 0 spiro atoms. The number of rotatable bonds is 15. The molecule has 0 N–H and O–H groups in total. The fraction of sp³-hybridized carbons (Fsp3) is 1.00. The van der Waals surface area contributed by atoms with Crippen LogP contribution >= 0.6 is 21.5 Å². The summed E-state index contributed by atoms with van der Waals surface area (Å²) in [5, 5.41) is 0. The van der Waals surface area contributed by atoms with Crippen LogP contribution in [0.5, 0.6) is 0 Å². The van der Waals surface area contributed by atoms with Crippen molar-refractivity contribution in [2.75, 3.05) is 55.9 Å². The van der Waals surface area contributed by atoms with Crippen LogP contribution in [0, 0.1) is 0 Å². The first-order valence-electron chi connectivity index (χ1n) is 10.8. The summed E-state index contributed by atoms with van der Waals surface area (Å²) in [6.07, 6.45) is 8.17. The zero-order valence-corrected chi connectivity index (χ0v) is 21.7. The van der Waals surface area contributed by atoms with Crippen molar-refractivity contribution in [2.45, 2.75) is 68.7 Å². The van der Waals surface area contributed by atoms with Gasteiger partial charge in [-0.1, -0.05) is 0 Å². The molecule has 0 atom stereocenters. The maximum absolute atomic E-state index is 14.1. The fourth-order valence-corrected chi connectivity index (χ4v) is 18.7. The van der Waals surface area contributed by atoms with E-state index in [2.05, 4.69) is 55.4 Å². The van der Waals surface area contributed by atoms with Gasteiger partial charge in [0.05, 0.1) is 0 Å². The number of phosphoric acid groups is 1. The van der Waals surface area contributed by atoms with Gasteiger partial charge in [0.2, 0.25) is 0 Å². The fourth-order valence-electron chi connectivity index (χ4n) is 3.98. The molecule has 0 unspecified atom stereocenters. The standard InChI is InChI=1S/C19H47O4P3/c1-10-19-21-24(20,22-25(11-2,12-3,13-4)14-5)23-26(15-6,16-7,17-8)18-9/h10-19H2,1-9H3. The average Bonchev–Trinajstić information content (AvgIpc) is 2.70. The molecule has 0 aromatic heterocycles. The third-order valence-corrected chi connectivity index (χ3v) is 26.1. The van der Waals surface area contributed by atoms with Crippen molar-refractivity contribution in [1.82, 2.24) is 0 Å². The Labute approximate surface area is 164 Å². The van der Waals surface area contributed by atoms with Gasteiger partial charge in [0.15, 0.2) is 0 Å².